The first kappa shape index (κ1) is 15.8. The van der Waals surface area contributed by atoms with E-state index in [0.717, 1.165) is 21.7 Å². The number of carbonyl (C=O) groups excluding carboxylic acids is 1. The lowest BCUT2D eigenvalue weighted by molar-refractivity contribution is -0.138. The van der Waals surface area contributed by atoms with E-state index in [0.29, 0.717) is 11.6 Å². The molecule has 1 atom stereocenters. The number of nitrogens with zero attached hydrogens (tertiary/aromatic N) is 1. The summed E-state index contributed by atoms with van der Waals surface area (Å²) in [6, 6.07) is 8.41. The quantitative estimate of drug-likeness (QED) is 0.780. The lowest BCUT2D eigenvalue weighted by atomic mass is 9.90. The van der Waals surface area contributed by atoms with Gasteiger partial charge >= 0.3 is 0 Å². The molecule has 0 saturated carbocycles. The van der Waals surface area contributed by atoms with Gasteiger partial charge in [-0.2, -0.15) is 0 Å². The minimum atomic E-state index is 0.0286. The molecule has 0 radical (unpaired) electrons. The van der Waals surface area contributed by atoms with Gasteiger partial charge in [0.1, 0.15) is 6.61 Å². The van der Waals surface area contributed by atoms with Gasteiger partial charge in [0.25, 0.3) is 0 Å². The first-order valence-corrected chi connectivity index (χ1v) is 8.37. The number of methoxy groups -OCH3 is 1. The van der Waals surface area contributed by atoms with Crippen LogP contribution in [0.4, 0.5) is 0 Å². The van der Waals surface area contributed by atoms with Gasteiger partial charge in [0.2, 0.25) is 5.91 Å². The number of rotatable bonds is 2. The fourth-order valence-electron chi connectivity index (χ4n) is 3.12. The normalized spacial score (nSPS) is 17.6. The molecule has 1 aliphatic rings. The van der Waals surface area contributed by atoms with Crippen LogP contribution < -0.4 is 0 Å². The molecule has 0 aromatic heterocycles. The van der Waals surface area contributed by atoms with Crippen LogP contribution in [0.15, 0.2) is 28.7 Å². The molecule has 116 valence electrons. The maximum Gasteiger partial charge on any atom is 0.249 e. The van der Waals surface area contributed by atoms with E-state index in [1.54, 1.807) is 7.11 Å². The van der Waals surface area contributed by atoms with Crippen molar-refractivity contribution in [2.75, 3.05) is 13.7 Å². The van der Waals surface area contributed by atoms with E-state index in [1.165, 1.54) is 11.1 Å². The van der Waals surface area contributed by atoms with Gasteiger partial charge in [-0.25, -0.2) is 0 Å². The van der Waals surface area contributed by atoms with Crippen LogP contribution in [0.2, 0.25) is 5.02 Å². The minimum absolute atomic E-state index is 0.0286. The van der Waals surface area contributed by atoms with Gasteiger partial charge in [-0.3, -0.25) is 4.79 Å². The van der Waals surface area contributed by atoms with Crippen molar-refractivity contribution in [2.24, 2.45) is 0 Å². The molecule has 3 nitrogen and oxygen atoms in total. The minimum Gasteiger partial charge on any atom is -0.375 e. The van der Waals surface area contributed by atoms with E-state index in [-0.39, 0.29) is 18.6 Å². The van der Waals surface area contributed by atoms with E-state index < -0.39 is 0 Å². The lowest BCUT2D eigenvalue weighted by Crippen LogP contribution is -2.44. The molecule has 5 heteroatoms. The molecule has 1 aliphatic heterocycles. The average molecular weight is 383 g/mol. The van der Waals surface area contributed by atoms with Gasteiger partial charge in [-0.15, -0.1) is 0 Å². The van der Waals surface area contributed by atoms with E-state index in [1.807, 2.05) is 11.0 Å². The Morgan fingerprint density at radius 1 is 1.36 bits per heavy atom. The zero-order chi connectivity index (χ0) is 15.9. The highest BCUT2D eigenvalue weighted by atomic mass is 79.9. The second kappa shape index (κ2) is 6.19. The van der Waals surface area contributed by atoms with E-state index in [9.17, 15) is 4.79 Å². The van der Waals surface area contributed by atoms with Crippen molar-refractivity contribution >= 4 is 44.2 Å². The Bertz CT molecular complexity index is 747. The Balaban J connectivity index is 2.09. The number of amides is 1. The van der Waals surface area contributed by atoms with Crippen LogP contribution in [-0.2, 0) is 22.5 Å². The highest BCUT2D eigenvalue weighted by Crippen LogP contribution is 2.36. The molecule has 2 aromatic carbocycles. The van der Waals surface area contributed by atoms with Crippen molar-refractivity contribution in [3.8, 4) is 0 Å². The number of hydrogen-bond acceptors (Lipinski definition) is 2. The third-order valence-electron chi connectivity index (χ3n) is 4.26. The van der Waals surface area contributed by atoms with Gasteiger partial charge < -0.3 is 9.64 Å². The predicted octanol–water partition coefficient (Wildman–Crippen LogP) is 4.18. The predicted molar refractivity (Wildman–Crippen MR) is 92.3 cm³/mol. The molecule has 0 bridgehead atoms. The Kier molecular flexibility index (Phi) is 4.44. The number of hydrogen-bond donors (Lipinski definition) is 0. The fourth-order valence-corrected chi connectivity index (χ4v) is 3.70. The molecule has 0 unspecified atom stereocenters. The van der Waals surface area contributed by atoms with E-state index >= 15 is 0 Å². The van der Waals surface area contributed by atoms with Crippen molar-refractivity contribution in [2.45, 2.75) is 25.9 Å². The molecule has 1 heterocycles. The van der Waals surface area contributed by atoms with Gasteiger partial charge in [0.05, 0.1) is 5.02 Å². The summed E-state index contributed by atoms with van der Waals surface area (Å²) in [6.45, 7) is 2.81. The topological polar surface area (TPSA) is 29.5 Å². The summed E-state index contributed by atoms with van der Waals surface area (Å²) in [7, 11) is 1.55. The van der Waals surface area contributed by atoms with Crippen molar-refractivity contribution in [1.29, 1.82) is 0 Å². The third-order valence-corrected chi connectivity index (χ3v) is 5.56. The van der Waals surface area contributed by atoms with Crippen LogP contribution >= 0.6 is 27.5 Å². The van der Waals surface area contributed by atoms with Crippen molar-refractivity contribution < 1.29 is 9.53 Å². The number of halogens is 2. The summed E-state index contributed by atoms with van der Waals surface area (Å²) in [5.41, 5.74) is 2.48. The van der Waals surface area contributed by atoms with Gasteiger partial charge in [-0.05, 0) is 51.9 Å². The zero-order valence-electron chi connectivity index (χ0n) is 12.5. The van der Waals surface area contributed by atoms with Crippen molar-refractivity contribution in [1.82, 2.24) is 4.90 Å². The summed E-state index contributed by atoms with van der Waals surface area (Å²) in [5, 5.41) is 2.85. The summed E-state index contributed by atoms with van der Waals surface area (Å²) in [5.74, 6) is 0.0286. The average Bonchev–Trinajstić information content (AvgIpc) is 2.50. The molecular formula is C17H17BrClNO2. The highest BCUT2D eigenvalue weighted by molar-refractivity contribution is 9.10. The van der Waals surface area contributed by atoms with Crippen LogP contribution in [-0.4, -0.2) is 30.6 Å². The largest absolute Gasteiger partial charge is 0.375 e. The summed E-state index contributed by atoms with van der Waals surface area (Å²) < 4.78 is 5.88. The van der Waals surface area contributed by atoms with E-state index in [2.05, 4.69) is 41.1 Å². The molecule has 2 aromatic rings. The van der Waals surface area contributed by atoms with E-state index in [4.69, 9.17) is 16.3 Å². The second-order valence-electron chi connectivity index (χ2n) is 5.67. The molecule has 0 fully saturated rings. The van der Waals surface area contributed by atoms with Crippen LogP contribution in [0.1, 0.15) is 18.1 Å². The number of benzene rings is 2. The Labute approximate surface area is 143 Å². The number of fused-ring (bicyclic) bond motifs is 3. The van der Waals surface area contributed by atoms with Crippen LogP contribution in [0.5, 0.6) is 0 Å². The first-order chi connectivity index (χ1) is 10.5. The van der Waals surface area contributed by atoms with Crippen LogP contribution in [0.3, 0.4) is 0 Å². The Morgan fingerprint density at radius 2 is 2.09 bits per heavy atom. The number of carbonyl (C=O) groups is 1. The van der Waals surface area contributed by atoms with Crippen LogP contribution in [0.25, 0.3) is 10.8 Å². The summed E-state index contributed by atoms with van der Waals surface area (Å²) in [6.07, 6.45) is 0.856. The smallest absolute Gasteiger partial charge is 0.249 e. The second-order valence-corrected chi connectivity index (χ2v) is 6.90. The number of ether oxygens (including phenoxy) is 1. The molecule has 0 aliphatic carbocycles. The third kappa shape index (κ3) is 2.64. The molecule has 22 heavy (non-hydrogen) atoms. The molecule has 0 spiro atoms. The molecule has 3 rings (SSSR count). The van der Waals surface area contributed by atoms with Crippen molar-refractivity contribution in [3.05, 3.63) is 44.9 Å². The summed E-state index contributed by atoms with van der Waals surface area (Å²) >= 11 is 9.86. The maximum absolute atomic E-state index is 12.2. The van der Waals surface area contributed by atoms with Gasteiger partial charge in [0.15, 0.2) is 0 Å². The SMILES string of the molecule is COCC(=O)N1Cc2c(ccc3c(Cl)c(Br)ccc23)C[C@H]1C. The molecule has 0 N–H and O–H groups in total. The van der Waals surface area contributed by atoms with Gasteiger partial charge in [0, 0.05) is 29.6 Å². The molecule has 1 amide bonds. The highest BCUT2D eigenvalue weighted by Gasteiger charge is 2.28. The monoisotopic (exact) mass is 381 g/mol. The Hall–Kier alpha value is -1.10. The standard InChI is InChI=1S/C17H17BrClNO2/c1-10-7-11-3-4-13-12(5-6-15(18)17(13)19)14(11)8-20(10)16(21)9-22-2/h3-6,10H,7-9H2,1-2H3/t10-/m1/s1. The van der Waals surface area contributed by atoms with Crippen LogP contribution in [0, 0.1) is 0 Å². The molecular weight excluding hydrogens is 366 g/mol. The molecule has 0 saturated heterocycles. The zero-order valence-corrected chi connectivity index (χ0v) is 14.9. The Morgan fingerprint density at radius 3 is 2.82 bits per heavy atom. The maximum atomic E-state index is 12.2. The fraction of sp³-hybridized carbons (Fsp3) is 0.353. The first-order valence-electron chi connectivity index (χ1n) is 7.19. The summed E-state index contributed by atoms with van der Waals surface area (Å²) in [4.78, 5) is 14.1. The lowest BCUT2D eigenvalue weighted by Gasteiger charge is -2.35. The van der Waals surface area contributed by atoms with Gasteiger partial charge in [-0.1, -0.05) is 29.8 Å². The van der Waals surface area contributed by atoms with Crippen molar-refractivity contribution in [3.63, 3.8) is 0 Å².